The summed E-state index contributed by atoms with van der Waals surface area (Å²) in [5.41, 5.74) is 0. The van der Waals surface area contributed by atoms with E-state index in [0.717, 1.165) is 0 Å². The Labute approximate surface area is 136 Å². The Hall–Kier alpha value is 4.37. The average molecular weight is 465 g/mol. The molecule has 0 nitrogen and oxygen atoms in total. The van der Waals surface area contributed by atoms with Crippen molar-refractivity contribution in [3.63, 3.8) is 0 Å². The Bertz CT molecular complexity index is 8.00. The van der Waals surface area contributed by atoms with Crippen LogP contribution in [0.25, 0.3) is 0 Å². The van der Waals surface area contributed by atoms with E-state index in [-0.39, 0.29) is 141 Å². The molecule has 0 heterocycles. The summed E-state index contributed by atoms with van der Waals surface area (Å²) in [7, 11) is 0. The number of halogens is 1. The van der Waals surface area contributed by atoms with Crippen molar-refractivity contribution in [2.24, 2.45) is 0 Å². The zero-order valence-corrected chi connectivity index (χ0v) is 16.3. The Balaban J connectivity index is 0. The van der Waals surface area contributed by atoms with Crippen LogP contribution in [0.2, 0.25) is 0 Å². The molecule has 4 heavy (non-hydrogen) atoms. The minimum Gasteiger partial charge on any atom is -0.147 e. The maximum Gasteiger partial charge on any atom is 0 e. The second-order valence-electron chi connectivity index (χ2n) is 0. The van der Waals surface area contributed by atoms with Crippen LogP contribution in [0.15, 0.2) is 0 Å². The molecule has 16 valence electrons. The molecule has 0 saturated carbocycles. The van der Waals surface area contributed by atoms with Crippen LogP contribution in [-0.2, 0) is 32.7 Å². The van der Waals surface area contributed by atoms with E-state index in [2.05, 4.69) is 0 Å². The molecule has 4 heteroatoms. The van der Waals surface area contributed by atoms with Crippen LogP contribution < -0.4 is 0 Å². The number of hydrogen-bond donors (Lipinski definition) is 0. The van der Waals surface area contributed by atoms with E-state index in [4.69, 9.17) is 0 Å². The summed E-state index contributed by atoms with van der Waals surface area (Å²) in [5.74, 6) is 0. The van der Waals surface area contributed by atoms with Crippen LogP contribution in [0.4, 0.5) is 0 Å². The van der Waals surface area contributed by atoms with Gasteiger partial charge < -0.3 is 0 Å². The van der Waals surface area contributed by atoms with Crippen molar-refractivity contribution in [1.82, 2.24) is 0 Å². The van der Waals surface area contributed by atoms with Crippen LogP contribution in [0, 0.1) is 0 Å². The van der Waals surface area contributed by atoms with Crippen molar-refractivity contribution in [2.45, 2.75) is 0 Å². The molecule has 0 fully saturated rings. The van der Waals surface area contributed by atoms with Gasteiger partial charge in [-0.1, -0.05) is 0 Å². The molecule has 0 unspecified atom stereocenters. The quantitative estimate of drug-likeness (QED) is 0.430. The molecule has 0 aliphatic heterocycles. The molecule has 0 N–H and O–H groups in total. The molecule has 0 rings (SSSR count). The van der Waals surface area contributed by atoms with E-state index in [1.54, 1.807) is 0 Å². The zero-order valence-electron chi connectivity index (χ0n) is 2.49. The molecule has 0 bridgehead atoms. The Morgan fingerprint density at radius 1 is 1.00 bits per heavy atom. The van der Waals surface area contributed by atoms with Gasteiger partial charge in [0.05, 0.1) is 0 Å². The Morgan fingerprint density at radius 2 is 1.00 bits per heavy atom. The van der Waals surface area contributed by atoms with Crippen LogP contribution in [0.5, 0.6) is 0 Å². The summed E-state index contributed by atoms with van der Waals surface area (Å²) in [4.78, 5) is 0. The molecule has 0 spiro atoms. The molecular weight excluding hydrogens is 464 g/mol. The van der Waals surface area contributed by atoms with Crippen LogP contribution in [-0.4, -0.2) is 96.2 Å². The van der Waals surface area contributed by atoms with Gasteiger partial charge in [-0.15, -0.1) is 12.4 Å². The van der Waals surface area contributed by atoms with Gasteiger partial charge in [-0.3, -0.25) is 0 Å². The van der Waals surface area contributed by atoms with E-state index >= 15 is 0 Å². The fraction of sp³-hybridized carbons (Fsp3) is 0. The van der Waals surface area contributed by atoms with Crippen LogP contribution >= 0.6 is 12.4 Å². The van der Waals surface area contributed by atoms with Gasteiger partial charge in [0.1, 0.15) is 0 Å². The molecule has 0 atom stereocenters. The second kappa shape index (κ2) is 15.7. The normalized spacial score (nSPS) is 0. The van der Waals surface area contributed by atoms with Crippen molar-refractivity contribution in [3.8, 4) is 0 Å². The molecule has 6 radical (unpaired) electrons. The van der Waals surface area contributed by atoms with E-state index in [9.17, 15) is 0 Å². The van der Waals surface area contributed by atoms with Gasteiger partial charge in [0, 0.05) is 129 Å². The fourth-order valence-corrected chi connectivity index (χ4v) is 0. The first-order chi connectivity index (χ1) is 0. The van der Waals surface area contributed by atoms with Gasteiger partial charge in [0.25, 0.3) is 0 Å². The largest absolute Gasteiger partial charge is 0.147 e. The van der Waals surface area contributed by atoms with Gasteiger partial charge in [-0.05, 0) is 0 Å². The van der Waals surface area contributed by atoms with Gasteiger partial charge in [0.15, 0.2) is 0 Å². The molecule has 0 amide bonds. The predicted octanol–water partition coefficient (Wildman–Crippen LogP) is -0.342. The fourth-order valence-electron chi connectivity index (χ4n) is 0. The molecule has 0 aromatic heterocycles. The minimum absolute atomic E-state index is 0. The third-order valence-corrected chi connectivity index (χ3v) is 0. The Kier molecular flexibility index (Phi) is 93.2. The summed E-state index contributed by atoms with van der Waals surface area (Å²) in [6.07, 6.45) is 0. The Morgan fingerprint density at radius 3 is 1.00 bits per heavy atom. The van der Waals surface area contributed by atoms with Crippen molar-refractivity contribution >= 4 is 109 Å². The summed E-state index contributed by atoms with van der Waals surface area (Å²) in [6.45, 7) is 0. The standard InChI is InChI=1S/ClH.Cs.Pb.Y/h1H;;;. The predicted molar refractivity (Wildman–Crippen MR) is 18.8 cm³/mol. The van der Waals surface area contributed by atoms with E-state index in [0.29, 0.717) is 0 Å². The number of hydrogen-bond acceptors (Lipinski definition) is 0. The second-order valence-corrected chi connectivity index (χ2v) is 0. The first-order valence-corrected chi connectivity index (χ1v) is 0. The first kappa shape index (κ1) is 23.8. The molecule has 0 aromatic carbocycles. The maximum atomic E-state index is 0. The number of rotatable bonds is 0. The van der Waals surface area contributed by atoms with E-state index < -0.39 is 0 Å². The SMILES string of the molecule is Cl.[Cs].[Pb].[Y]. The van der Waals surface area contributed by atoms with Crippen molar-refractivity contribution in [1.29, 1.82) is 0 Å². The van der Waals surface area contributed by atoms with E-state index in [1.807, 2.05) is 0 Å². The van der Waals surface area contributed by atoms with Crippen molar-refractivity contribution in [2.75, 3.05) is 0 Å². The average Bonchev–Trinajstić information content (AvgIpc) is 0. The molecule has 0 aliphatic carbocycles. The summed E-state index contributed by atoms with van der Waals surface area (Å²) in [6, 6.07) is 0. The summed E-state index contributed by atoms with van der Waals surface area (Å²) in [5, 5.41) is 0. The first-order valence-electron chi connectivity index (χ1n) is 0. The third-order valence-electron chi connectivity index (χ3n) is 0. The zero-order chi connectivity index (χ0) is 0. The summed E-state index contributed by atoms with van der Waals surface area (Å²) >= 11 is 0. The van der Waals surface area contributed by atoms with Crippen LogP contribution in [0.3, 0.4) is 0 Å². The van der Waals surface area contributed by atoms with Crippen LogP contribution in [0.1, 0.15) is 0 Å². The van der Waals surface area contributed by atoms with Gasteiger partial charge in [-0.25, -0.2) is 0 Å². The molecule has 0 saturated heterocycles. The third kappa shape index (κ3) is 9.62. The monoisotopic (exact) mass is 466 g/mol. The van der Waals surface area contributed by atoms with Gasteiger partial charge in [-0.2, -0.15) is 0 Å². The topological polar surface area (TPSA) is 0 Å². The van der Waals surface area contributed by atoms with Gasteiger partial charge in [0.2, 0.25) is 0 Å². The molecule has 0 aromatic rings. The maximum absolute atomic E-state index is 0. The molecule has 0 aliphatic rings. The smallest absolute Gasteiger partial charge is 0 e. The minimum atomic E-state index is 0. The van der Waals surface area contributed by atoms with Gasteiger partial charge >= 0.3 is 0 Å². The van der Waals surface area contributed by atoms with Crippen molar-refractivity contribution in [3.05, 3.63) is 0 Å². The van der Waals surface area contributed by atoms with Crippen molar-refractivity contribution < 1.29 is 32.7 Å². The molecular formula is HClCsPbY. The van der Waals surface area contributed by atoms with E-state index in [1.165, 1.54) is 0 Å². The summed E-state index contributed by atoms with van der Waals surface area (Å²) < 4.78 is 0.